The van der Waals surface area contributed by atoms with Crippen molar-refractivity contribution in [2.75, 3.05) is 23.3 Å². The van der Waals surface area contributed by atoms with E-state index in [1.807, 2.05) is 10.7 Å². The average molecular weight is 436 g/mol. The number of hydrogen-bond donors (Lipinski definition) is 1. The number of imidazole rings is 1. The summed E-state index contributed by atoms with van der Waals surface area (Å²) in [6.07, 6.45) is 3.36. The largest absolute Gasteiger partial charge is 0.347 e. The summed E-state index contributed by atoms with van der Waals surface area (Å²) in [4.78, 5) is 20.3. The number of carbonyl (C=O) groups excluding carboxylic acids is 1. The van der Waals surface area contributed by atoms with E-state index in [1.54, 1.807) is 29.5 Å². The van der Waals surface area contributed by atoms with Crippen molar-refractivity contribution in [1.82, 2.24) is 14.6 Å². The van der Waals surface area contributed by atoms with E-state index in [2.05, 4.69) is 41.4 Å². The zero-order valence-electron chi connectivity index (χ0n) is 17.1. The summed E-state index contributed by atoms with van der Waals surface area (Å²) in [5.41, 5.74) is 3.44. The van der Waals surface area contributed by atoms with Gasteiger partial charge in [0.25, 0.3) is 0 Å². The Morgan fingerprint density at radius 1 is 1.13 bits per heavy atom. The molecular formula is C23H22FN5OS. The van der Waals surface area contributed by atoms with Gasteiger partial charge in [0.1, 0.15) is 5.82 Å². The Labute approximate surface area is 183 Å². The lowest BCUT2D eigenvalue weighted by Gasteiger charge is -2.30. The van der Waals surface area contributed by atoms with E-state index >= 15 is 0 Å². The van der Waals surface area contributed by atoms with Crippen LogP contribution >= 0.6 is 11.3 Å². The standard InChI is InChI=1S/C23H22FN5OS/c1-15-6-8-16(9-7-15)20-14-29-22(26-20)31-23(27-29)28-12-10-17(11-13-28)21(30)25-19-5-3-2-4-18(19)24/h2-9,14,17H,10-13H2,1H3,(H,25,30). The summed E-state index contributed by atoms with van der Waals surface area (Å²) in [5.74, 6) is -0.668. The van der Waals surface area contributed by atoms with Crippen LogP contribution in [0.5, 0.6) is 0 Å². The SMILES string of the molecule is Cc1ccc(-c2cn3nc(N4CCC(C(=O)Nc5ccccc5F)CC4)sc3n2)cc1. The molecule has 0 bridgehead atoms. The zero-order valence-corrected chi connectivity index (χ0v) is 17.9. The van der Waals surface area contributed by atoms with Crippen LogP contribution in [0.15, 0.2) is 54.7 Å². The van der Waals surface area contributed by atoms with E-state index in [-0.39, 0.29) is 17.5 Å². The van der Waals surface area contributed by atoms with Crippen LogP contribution in [0.4, 0.5) is 15.2 Å². The van der Waals surface area contributed by atoms with E-state index < -0.39 is 5.82 Å². The van der Waals surface area contributed by atoms with Gasteiger partial charge >= 0.3 is 0 Å². The maximum atomic E-state index is 13.8. The highest BCUT2D eigenvalue weighted by atomic mass is 32.1. The molecule has 1 fully saturated rings. The summed E-state index contributed by atoms with van der Waals surface area (Å²) in [5, 5.41) is 8.32. The Kier molecular flexibility index (Phi) is 5.15. The number of halogens is 1. The van der Waals surface area contributed by atoms with Gasteiger partial charge in [-0.3, -0.25) is 4.79 Å². The van der Waals surface area contributed by atoms with E-state index in [9.17, 15) is 9.18 Å². The minimum atomic E-state index is -0.413. The molecule has 2 aromatic heterocycles. The van der Waals surface area contributed by atoms with Gasteiger partial charge in [-0.1, -0.05) is 53.3 Å². The van der Waals surface area contributed by atoms with Crippen LogP contribution in [0, 0.1) is 18.7 Å². The molecule has 0 atom stereocenters. The van der Waals surface area contributed by atoms with Crippen LogP contribution in [0.2, 0.25) is 0 Å². The highest BCUT2D eigenvalue weighted by Crippen LogP contribution is 2.30. The molecule has 1 aliphatic rings. The number of carbonyl (C=O) groups is 1. The predicted molar refractivity (Wildman–Crippen MR) is 121 cm³/mol. The Morgan fingerprint density at radius 2 is 1.87 bits per heavy atom. The number of aryl methyl sites for hydroxylation is 1. The van der Waals surface area contributed by atoms with Gasteiger partial charge in [-0.2, -0.15) is 0 Å². The Bertz CT molecular complexity index is 1190. The van der Waals surface area contributed by atoms with Crippen molar-refractivity contribution in [2.24, 2.45) is 5.92 Å². The minimum absolute atomic E-state index is 0.124. The number of piperidine rings is 1. The summed E-state index contributed by atoms with van der Waals surface area (Å²) in [6, 6.07) is 14.5. The third-order valence-corrected chi connectivity index (χ3v) is 6.63. The number of nitrogens with zero attached hydrogens (tertiary/aromatic N) is 4. The van der Waals surface area contributed by atoms with Crippen molar-refractivity contribution in [1.29, 1.82) is 0 Å². The third-order valence-electron chi connectivity index (χ3n) is 5.65. The lowest BCUT2D eigenvalue weighted by atomic mass is 9.96. The summed E-state index contributed by atoms with van der Waals surface area (Å²) < 4.78 is 15.6. The molecular weight excluding hydrogens is 413 g/mol. The van der Waals surface area contributed by atoms with Crippen LogP contribution in [-0.2, 0) is 4.79 Å². The molecule has 1 amide bonds. The molecule has 0 aliphatic carbocycles. The smallest absolute Gasteiger partial charge is 0.227 e. The molecule has 4 aromatic rings. The number of aromatic nitrogens is 3. The Balaban J connectivity index is 1.23. The second-order valence-corrected chi connectivity index (χ2v) is 8.77. The molecule has 158 valence electrons. The minimum Gasteiger partial charge on any atom is -0.347 e. The van der Waals surface area contributed by atoms with Crippen LogP contribution in [0.3, 0.4) is 0 Å². The summed E-state index contributed by atoms with van der Waals surface area (Å²) in [7, 11) is 0. The lowest BCUT2D eigenvalue weighted by molar-refractivity contribution is -0.120. The zero-order chi connectivity index (χ0) is 21.4. The van der Waals surface area contributed by atoms with Crippen LogP contribution in [0.1, 0.15) is 18.4 Å². The van der Waals surface area contributed by atoms with Crippen LogP contribution < -0.4 is 10.2 Å². The number of hydrogen-bond acceptors (Lipinski definition) is 5. The molecule has 5 rings (SSSR count). The molecule has 0 unspecified atom stereocenters. The molecule has 8 heteroatoms. The van der Waals surface area contributed by atoms with Gasteiger partial charge < -0.3 is 10.2 Å². The number of anilines is 2. The first-order chi connectivity index (χ1) is 15.1. The molecule has 2 aromatic carbocycles. The quantitative estimate of drug-likeness (QED) is 0.502. The number of rotatable bonds is 4. The molecule has 6 nitrogen and oxygen atoms in total. The molecule has 31 heavy (non-hydrogen) atoms. The molecule has 0 radical (unpaired) electrons. The fourth-order valence-electron chi connectivity index (χ4n) is 3.81. The molecule has 1 aliphatic heterocycles. The first-order valence-electron chi connectivity index (χ1n) is 10.3. The number of amides is 1. The van der Waals surface area contributed by atoms with E-state index in [4.69, 9.17) is 10.1 Å². The first kappa shape index (κ1) is 19.7. The molecule has 0 saturated carbocycles. The van der Waals surface area contributed by atoms with Gasteiger partial charge in [0.05, 0.1) is 17.6 Å². The third kappa shape index (κ3) is 4.03. The van der Waals surface area contributed by atoms with Gasteiger partial charge in [-0.05, 0) is 31.9 Å². The number of nitrogens with one attached hydrogen (secondary N) is 1. The molecule has 1 saturated heterocycles. The van der Waals surface area contributed by atoms with E-state index in [0.717, 1.165) is 34.4 Å². The van der Waals surface area contributed by atoms with Gasteiger partial charge in [0, 0.05) is 24.6 Å². The second kappa shape index (κ2) is 8.11. The first-order valence-corrected chi connectivity index (χ1v) is 11.1. The lowest BCUT2D eigenvalue weighted by Crippen LogP contribution is -2.38. The van der Waals surface area contributed by atoms with E-state index in [1.165, 1.54) is 11.6 Å². The fourth-order valence-corrected chi connectivity index (χ4v) is 4.75. The van der Waals surface area contributed by atoms with Crippen molar-refractivity contribution >= 4 is 33.0 Å². The topological polar surface area (TPSA) is 62.5 Å². The maximum absolute atomic E-state index is 13.8. The Morgan fingerprint density at radius 3 is 2.58 bits per heavy atom. The van der Waals surface area contributed by atoms with Crippen LogP contribution in [-0.4, -0.2) is 33.6 Å². The molecule has 1 N–H and O–H groups in total. The van der Waals surface area contributed by atoms with Crippen molar-refractivity contribution in [2.45, 2.75) is 19.8 Å². The summed E-state index contributed by atoms with van der Waals surface area (Å²) in [6.45, 7) is 3.53. The monoisotopic (exact) mass is 435 g/mol. The van der Waals surface area contributed by atoms with E-state index in [0.29, 0.717) is 12.8 Å². The fraction of sp³-hybridized carbons (Fsp3) is 0.261. The van der Waals surface area contributed by atoms with Crippen molar-refractivity contribution < 1.29 is 9.18 Å². The average Bonchev–Trinajstić information content (AvgIpc) is 3.35. The maximum Gasteiger partial charge on any atom is 0.227 e. The highest BCUT2D eigenvalue weighted by molar-refractivity contribution is 7.20. The number of benzene rings is 2. The molecule has 0 spiro atoms. The molecule has 3 heterocycles. The predicted octanol–water partition coefficient (Wildman–Crippen LogP) is 4.76. The Hall–Kier alpha value is -3.26. The van der Waals surface area contributed by atoms with Gasteiger partial charge in [0.2, 0.25) is 16.0 Å². The number of para-hydroxylation sites is 1. The highest BCUT2D eigenvalue weighted by Gasteiger charge is 2.27. The van der Waals surface area contributed by atoms with Crippen molar-refractivity contribution in [3.05, 3.63) is 66.1 Å². The van der Waals surface area contributed by atoms with Gasteiger partial charge in [-0.25, -0.2) is 13.9 Å². The van der Waals surface area contributed by atoms with Gasteiger partial charge in [-0.15, -0.1) is 5.10 Å². The van der Waals surface area contributed by atoms with Gasteiger partial charge in [0.15, 0.2) is 0 Å². The van der Waals surface area contributed by atoms with Crippen molar-refractivity contribution in [3.63, 3.8) is 0 Å². The second-order valence-electron chi connectivity index (χ2n) is 7.83. The number of fused-ring (bicyclic) bond motifs is 1. The summed E-state index contributed by atoms with van der Waals surface area (Å²) >= 11 is 1.55. The van der Waals surface area contributed by atoms with Crippen molar-refractivity contribution in [3.8, 4) is 11.3 Å². The van der Waals surface area contributed by atoms with Crippen LogP contribution in [0.25, 0.3) is 16.2 Å². The normalized spacial score (nSPS) is 14.8.